The summed E-state index contributed by atoms with van der Waals surface area (Å²) in [5, 5.41) is 0. The van der Waals surface area contributed by atoms with Crippen molar-refractivity contribution in [3.8, 4) is 11.5 Å². The molecule has 0 saturated heterocycles. The van der Waals surface area contributed by atoms with E-state index in [1.165, 1.54) is 0 Å². The third-order valence-corrected chi connectivity index (χ3v) is 2.97. The molecule has 0 aromatic heterocycles. The maximum atomic E-state index is 5.67. The average molecular weight is 266 g/mol. The van der Waals surface area contributed by atoms with E-state index in [-0.39, 0.29) is 12.1 Å². The van der Waals surface area contributed by atoms with Crippen LogP contribution in [0.3, 0.4) is 0 Å². The maximum Gasteiger partial charge on any atom is 0.161 e. The third kappa shape index (κ3) is 3.83. The van der Waals surface area contributed by atoms with Crippen molar-refractivity contribution in [1.82, 2.24) is 5.43 Å². The van der Waals surface area contributed by atoms with Gasteiger partial charge in [-0.15, -0.1) is 0 Å². The molecule has 0 spiro atoms. The Morgan fingerprint density at radius 3 is 2.68 bits per heavy atom. The Kier molecular flexibility index (Phi) is 5.01. The maximum absolute atomic E-state index is 5.67. The zero-order chi connectivity index (χ0) is 13.7. The highest BCUT2D eigenvalue weighted by Gasteiger charge is 2.16. The number of fused-ring (bicyclic) bond motifs is 1. The van der Waals surface area contributed by atoms with Gasteiger partial charge in [0.05, 0.1) is 32.0 Å². The molecular weight excluding hydrogens is 244 g/mol. The monoisotopic (exact) mass is 266 g/mol. The van der Waals surface area contributed by atoms with Crippen LogP contribution in [0.25, 0.3) is 0 Å². The fourth-order valence-electron chi connectivity index (χ4n) is 1.93. The minimum atomic E-state index is -0.0560. The molecule has 1 aliphatic rings. The van der Waals surface area contributed by atoms with E-state index >= 15 is 0 Å². The van der Waals surface area contributed by atoms with Gasteiger partial charge in [0.2, 0.25) is 0 Å². The van der Waals surface area contributed by atoms with Gasteiger partial charge < -0.3 is 14.2 Å². The number of hydrogen-bond acceptors (Lipinski definition) is 5. The summed E-state index contributed by atoms with van der Waals surface area (Å²) < 4.78 is 16.9. The zero-order valence-electron chi connectivity index (χ0n) is 11.5. The molecule has 0 saturated carbocycles. The molecule has 1 aromatic carbocycles. The van der Waals surface area contributed by atoms with Gasteiger partial charge in [0.1, 0.15) is 0 Å². The van der Waals surface area contributed by atoms with Crippen molar-refractivity contribution in [2.45, 2.75) is 32.4 Å². The lowest BCUT2D eigenvalue weighted by atomic mass is 10.1. The van der Waals surface area contributed by atoms with Crippen LogP contribution in [0.2, 0.25) is 0 Å². The first-order valence-electron chi connectivity index (χ1n) is 6.68. The molecule has 0 radical (unpaired) electrons. The molecule has 1 aromatic rings. The van der Waals surface area contributed by atoms with Gasteiger partial charge in [-0.05, 0) is 31.5 Å². The fraction of sp³-hybridized carbons (Fsp3) is 0.571. The fourth-order valence-corrected chi connectivity index (χ4v) is 1.93. The van der Waals surface area contributed by atoms with Gasteiger partial charge in [-0.25, -0.2) is 0 Å². The molecule has 0 aliphatic carbocycles. The number of ether oxygens (including phenoxy) is 3. The van der Waals surface area contributed by atoms with Crippen molar-refractivity contribution in [3.63, 3.8) is 0 Å². The summed E-state index contributed by atoms with van der Waals surface area (Å²) in [5.74, 6) is 7.17. The first-order valence-corrected chi connectivity index (χ1v) is 6.68. The molecule has 0 bridgehead atoms. The van der Waals surface area contributed by atoms with E-state index in [2.05, 4.69) is 5.43 Å². The molecule has 0 amide bonds. The van der Waals surface area contributed by atoms with E-state index < -0.39 is 0 Å². The van der Waals surface area contributed by atoms with E-state index in [0.29, 0.717) is 19.8 Å². The second-order valence-electron chi connectivity index (χ2n) is 4.86. The quantitative estimate of drug-likeness (QED) is 0.628. The first kappa shape index (κ1) is 14.1. The van der Waals surface area contributed by atoms with Crippen molar-refractivity contribution in [2.24, 2.45) is 5.84 Å². The molecular formula is C14H22N2O3. The number of rotatable bonds is 5. The summed E-state index contributed by atoms with van der Waals surface area (Å²) in [7, 11) is 0. The molecule has 1 atom stereocenters. The largest absolute Gasteiger partial charge is 0.490 e. The van der Waals surface area contributed by atoms with Crippen LogP contribution in [-0.4, -0.2) is 25.9 Å². The molecule has 5 nitrogen and oxygen atoms in total. The molecule has 1 heterocycles. The highest BCUT2D eigenvalue weighted by molar-refractivity contribution is 5.44. The number of nitrogens with two attached hydrogens (primary N) is 1. The molecule has 106 valence electrons. The summed E-state index contributed by atoms with van der Waals surface area (Å²) in [6, 6.07) is 5.83. The molecule has 19 heavy (non-hydrogen) atoms. The van der Waals surface area contributed by atoms with Gasteiger partial charge >= 0.3 is 0 Å². The lowest BCUT2D eigenvalue weighted by Gasteiger charge is -2.19. The Morgan fingerprint density at radius 1 is 1.26 bits per heavy atom. The van der Waals surface area contributed by atoms with Crippen LogP contribution in [0.4, 0.5) is 0 Å². The summed E-state index contributed by atoms with van der Waals surface area (Å²) in [4.78, 5) is 0. The first-order chi connectivity index (χ1) is 9.20. The van der Waals surface area contributed by atoms with E-state index in [1.54, 1.807) is 0 Å². The lowest BCUT2D eigenvalue weighted by molar-refractivity contribution is 0.0611. The van der Waals surface area contributed by atoms with E-state index in [4.69, 9.17) is 20.1 Å². The molecule has 0 fully saturated rings. The predicted octanol–water partition coefficient (Wildman–Crippen LogP) is 1.78. The second kappa shape index (κ2) is 6.75. The van der Waals surface area contributed by atoms with Crippen molar-refractivity contribution in [2.75, 3.05) is 19.8 Å². The number of nitrogens with one attached hydrogen (secondary N) is 1. The molecule has 5 heteroatoms. The van der Waals surface area contributed by atoms with Gasteiger partial charge in [0.25, 0.3) is 0 Å². The van der Waals surface area contributed by atoms with Crippen molar-refractivity contribution < 1.29 is 14.2 Å². The van der Waals surface area contributed by atoms with Crippen LogP contribution >= 0.6 is 0 Å². The van der Waals surface area contributed by atoms with E-state index in [1.807, 2.05) is 32.0 Å². The van der Waals surface area contributed by atoms with Crippen LogP contribution in [-0.2, 0) is 4.74 Å². The Balaban J connectivity index is 2.12. The SMILES string of the molecule is CC(C)OCC(NN)c1ccc2c(c1)OCCCO2. The van der Waals surface area contributed by atoms with Gasteiger partial charge in [-0.3, -0.25) is 11.3 Å². The zero-order valence-corrected chi connectivity index (χ0v) is 11.5. The summed E-state index contributed by atoms with van der Waals surface area (Å²) >= 11 is 0. The lowest BCUT2D eigenvalue weighted by Crippen LogP contribution is -2.32. The minimum absolute atomic E-state index is 0.0560. The van der Waals surface area contributed by atoms with E-state index in [0.717, 1.165) is 23.5 Å². The average Bonchev–Trinajstić information content (AvgIpc) is 2.63. The Morgan fingerprint density at radius 2 is 2.00 bits per heavy atom. The minimum Gasteiger partial charge on any atom is -0.490 e. The Hall–Kier alpha value is -1.30. The van der Waals surface area contributed by atoms with Crippen molar-refractivity contribution >= 4 is 0 Å². The van der Waals surface area contributed by atoms with Crippen molar-refractivity contribution in [1.29, 1.82) is 0 Å². The van der Waals surface area contributed by atoms with Gasteiger partial charge in [0.15, 0.2) is 11.5 Å². The highest BCUT2D eigenvalue weighted by atomic mass is 16.5. The normalized spacial score (nSPS) is 16.2. The molecule has 1 aliphatic heterocycles. The molecule has 3 N–H and O–H groups in total. The topological polar surface area (TPSA) is 65.7 Å². The second-order valence-corrected chi connectivity index (χ2v) is 4.86. The van der Waals surface area contributed by atoms with E-state index in [9.17, 15) is 0 Å². The van der Waals surface area contributed by atoms with Crippen LogP contribution in [0, 0.1) is 0 Å². The number of hydrazine groups is 1. The standard InChI is InChI=1S/C14H22N2O3/c1-10(2)19-9-12(16-15)11-4-5-13-14(8-11)18-7-3-6-17-13/h4-5,8,10,12,16H,3,6-7,9,15H2,1-2H3. The van der Waals surface area contributed by atoms with Crippen LogP contribution in [0.5, 0.6) is 11.5 Å². The summed E-state index contributed by atoms with van der Waals surface area (Å²) in [6.45, 7) is 5.90. The highest BCUT2D eigenvalue weighted by Crippen LogP contribution is 2.32. The number of benzene rings is 1. The van der Waals surface area contributed by atoms with Gasteiger partial charge in [-0.2, -0.15) is 0 Å². The molecule has 1 unspecified atom stereocenters. The summed E-state index contributed by atoms with van der Waals surface area (Å²) in [6.07, 6.45) is 1.08. The number of hydrogen-bond donors (Lipinski definition) is 2. The third-order valence-electron chi connectivity index (χ3n) is 2.97. The Bertz CT molecular complexity index is 410. The van der Waals surface area contributed by atoms with Crippen LogP contribution in [0.15, 0.2) is 18.2 Å². The predicted molar refractivity (Wildman–Crippen MR) is 73.2 cm³/mol. The van der Waals surface area contributed by atoms with Gasteiger partial charge in [0, 0.05) is 6.42 Å². The summed E-state index contributed by atoms with van der Waals surface area (Å²) in [5.41, 5.74) is 3.81. The van der Waals surface area contributed by atoms with Crippen LogP contribution < -0.4 is 20.7 Å². The van der Waals surface area contributed by atoms with Crippen molar-refractivity contribution in [3.05, 3.63) is 23.8 Å². The smallest absolute Gasteiger partial charge is 0.161 e. The Labute approximate surface area is 114 Å². The van der Waals surface area contributed by atoms with Gasteiger partial charge in [-0.1, -0.05) is 6.07 Å². The van der Waals surface area contributed by atoms with Crippen LogP contribution in [0.1, 0.15) is 31.9 Å². The molecule has 2 rings (SSSR count).